The van der Waals surface area contributed by atoms with Crippen molar-refractivity contribution >= 4 is 40.9 Å². The molecule has 2 aromatic carbocycles. The number of nitrogens with zero attached hydrogens (tertiary/aromatic N) is 1. The van der Waals surface area contributed by atoms with Gasteiger partial charge in [-0.15, -0.1) is 0 Å². The number of hydrogen-bond donors (Lipinski definition) is 2. The molecule has 3 rings (SSSR count). The van der Waals surface area contributed by atoms with Gasteiger partial charge in [0.15, 0.2) is 0 Å². The summed E-state index contributed by atoms with van der Waals surface area (Å²) in [5.74, 6) is -3.75. The Balaban J connectivity index is 1.63. The van der Waals surface area contributed by atoms with Crippen LogP contribution in [0.2, 0.25) is 10.0 Å². The lowest BCUT2D eigenvalue weighted by Crippen LogP contribution is -2.46. The molecule has 1 heterocycles. The maximum Gasteiger partial charge on any atom is 0.410 e. The summed E-state index contributed by atoms with van der Waals surface area (Å²) in [4.78, 5) is 25.7. The van der Waals surface area contributed by atoms with E-state index in [4.69, 9.17) is 27.9 Å². The molecule has 6 nitrogen and oxygen atoms in total. The third-order valence-electron chi connectivity index (χ3n) is 4.09. The highest BCUT2D eigenvalue weighted by atomic mass is 35.5. The summed E-state index contributed by atoms with van der Waals surface area (Å²) in [6.45, 7) is -0.0701. The predicted octanol–water partition coefficient (Wildman–Crippen LogP) is 3.48. The quantitative estimate of drug-likeness (QED) is 0.753. The van der Waals surface area contributed by atoms with Crippen molar-refractivity contribution in [1.82, 2.24) is 5.32 Å². The van der Waals surface area contributed by atoms with Crippen molar-refractivity contribution in [3.63, 3.8) is 0 Å². The fraction of sp³-hybridized carbons (Fsp3) is 0.222. The number of carbonyl (C=O) groups excluding carboxylic acids is 2. The second-order valence-corrected chi connectivity index (χ2v) is 6.77. The Kier molecular flexibility index (Phi) is 5.55. The topological polar surface area (TPSA) is 78.9 Å². The highest BCUT2D eigenvalue weighted by molar-refractivity contribution is 6.31. The Morgan fingerprint density at radius 3 is 2.78 bits per heavy atom. The fourth-order valence-corrected chi connectivity index (χ4v) is 3.09. The van der Waals surface area contributed by atoms with Crippen LogP contribution >= 0.6 is 23.2 Å². The summed E-state index contributed by atoms with van der Waals surface area (Å²) in [5.41, 5.74) is 0.623. The van der Waals surface area contributed by atoms with Crippen LogP contribution in [0.1, 0.15) is 12.0 Å². The van der Waals surface area contributed by atoms with Crippen LogP contribution in [0.3, 0.4) is 0 Å². The molecule has 1 fully saturated rings. The minimum absolute atomic E-state index is 0.0792. The Bertz CT molecular complexity index is 895. The Morgan fingerprint density at radius 2 is 2.04 bits per heavy atom. The Morgan fingerprint density at radius 1 is 1.30 bits per heavy atom. The molecule has 142 valence electrons. The molecule has 1 saturated heterocycles. The first kappa shape index (κ1) is 19.4. The van der Waals surface area contributed by atoms with Crippen LogP contribution in [-0.4, -0.2) is 29.4 Å². The lowest BCUT2D eigenvalue weighted by Gasteiger charge is -2.22. The van der Waals surface area contributed by atoms with Gasteiger partial charge >= 0.3 is 6.09 Å². The Hall–Kier alpha value is -2.35. The van der Waals surface area contributed by atoms with Gasteiger partial charge in [0.2, 0.25) is 0 Å². The van der Waals surface area contributed by atoms with E-state index in [1.807, 2.05) is 0 Å². The summed E-state index contributed by atoms with van der Waals surface area (Å²) < 4.78 is 18.7. The highest BCUT2D eigenvalue weighted by Crippen LogP contribution is 2.30. The summed E-state index contributed by atoms with van der Waals surface area (Å²) >= 11 is 11.6. The molecule has 2 aromatic rings. The molecule has 0 aromatic heterocycles. The van der Waals surface area contributed by atoms with E-state index in [2.05, 4.69) is 5.32 Å². The van der Waals surface area contributed by atoms with E-state index in [0.717, 1.165) is 0 Å². The van der Waals surface area contributed by atoms with E-state index >= 15 is 0 Å². The van der Waals surface area contributed by atoms with Gasteiger partial charge in [-0.2, -0.15) is 0 Å². The van der Waals surface area contributed by atoms with Crippen molar-refractivity contribution in [3.8, 4) is 0 Å². The monoisotopic (exact) mass is 412 g/mol. The maximum absolute atomic E-state index is 13.8. The second-order valence-electron chi connectivity index (χ2n) is 5.93. The first-order valence-electron chi connectivity index (χ1n) is 8.00. The van der Waals surface area contributed by atoms with Gasteiger partial charge in [0, 0.05) is 35.8 Å². The van der Waals surface area contributed by atoms with E-state index in [0.29, 0.717) is 10.7 Å². The molecular weight excluding hydrogens is 398 g/mol. The van der Waals surface area contributed by atoms with Gasteiger partial charge in [0.05, 0.1) is 5.02 Å². The minimum Gasteiger partial charge on any atom is -0.407 e. The molecule has 27 heavy (non-hydrogen) atoms. The molecule has 9 heteroatoms. The Labute approximate surface area is 164 Å². The van der Waals surface area contributed by atoms with Crippen molar-refractivity contribution in [2.75, 3.05) is 11.4 Å². The van der Waals surface area contributed by atoms with Gasteiger partial charge in [-0.25, -0.2) is 9.18 Å². The standard InChI is InChI=1S/C18H15Cl2FN2O4/c19-12-4-2-5-13(9-12)23-8-7-18(26,16(23)24)27-17(25)22-10-11-3-1-6-14(20)15(11)21/h1-6,9,26H,7-8,10H2,(H,22,25)/t18-/m1/s1. The zero-order valence-corrected chi connectivity index (χ0v) is 15.4. The minimum atomic E-state index is -2.31. The average Bonchev–Trinajstić information content (AvgIpc) is 2.91. The number of ether oxygens (including phenoxy) is 1. The molecule has 1 atom stereocenters. The number of rotatable bonds is 4. The molecule has 0 bridgehead atoms. The summed E-state index contributed by atoms with van der Waals surface area (Å²) in [6.07, 6.45) is -1.17. The fourth-order valence-electron chi connectivity index (χ4n) is 2.71. The molecule has 2 amide bonds. The van der Waals surface area contributed by atoms with E-state index in [1.165, 1.54) is 23.1 Å². The van der Waals surface area contributed by atoms with Gasteiger partial charge in [-0.05, 0) is 24.3 Å². The lowest BCUT2D eigenvalue weighted by atomic mass is 10.2. The van der Waals surface area contributed by atoms with Crippen LogP contribution in [-0.2, 0) is 16.1 Å². The van der Waals surface area contributed by atoms with Crippen LogP contribution in [0.4, 0.5) is 14.9 Å². The van der Waals surface area contributed by atoms with E-state index in [9.17, 15) is 19.1 Å². The normalized spacial score (nSPS) is 19.3. The van der Waals surface area contributed by atoms with Crippen molar-refractivity contribution in [1.29, 1.82) is 0 Å². The number of aliphatic hydroxyl groups is 1. The van der Waals surface area contributed by atoms with Gasteiger partial charge in [-0.3, -0.25) is 4.79 Å². The average molecular weight is 413 g/mol. The van der Waals surface area contributed by atoms with Gasteiger partial charge in [0.25, 0.3) is 11.7 Å². The summed E-state index contributed by atoms with van der Waals surface area (Å²) in [5, 5.41) is 13.1. The SMILES string of the molecule is O=C(NCc1cccc(Cl)c1F)O[C@]1(O)CCN(c2cccc(Cl)c2)C1=O. The van der Waals surface area contributed by atoms with E-state index in [-0.39, 0.29) is 30.1 Å². The molecule has 0 spiro atoms. The molecule has 1 aliphatic heterocycles. The molecule has 1 aliphatic rings. The van der Waals surface area contributed by atoms with E-state index in [1.54, 1.807) is 24.3 Å². The molecule has 0 radical (unpaired) electrons. The van der Waals surface area contributed by atoms with Gasteiger partial charge in [-0.1, -0.05) is 41.4 Å². The lowest BCUT2D eigenvalue weighted by molar-refractivity contribution is -0.175. The smallest absolute Gasteiger partial charge is 0.407 e. The van der Waals surface area contributed by atoms with Crippen molar-refractivity contribution in [3.05, 3.63) is 63.9 Å². The number of carbonyl (C=O) groups is 2. The molecule has 0 saturated carbocycles. The number of nitrogens with one attached hydrogen (secondary N) is 1. The number of anilines is 1. The van der Waals surface area contributed by atoms with Crippen LogP contribution in [0.15, 0.2) is 42.5 Å². The first-order chi connectivity index (χ1) is 12.8. The largest absolute Gasteiger partial charge is 0.410 e. The van der Waals surface area contributed by atoms with Crippen molar-refractivity contribution in [2.45, 2.75) is 18.8 Å². The van der Waals surface area contributed by atoms with E-state index < -0.39 is 23.6 Å². The first-order valence-corrected chi connectivity index (χ1v) is 8.75. The molecular formula is C18H15Cl2FN2O4. The van der Waals surface area contributed by atoms with Crippen molar-refractivity contribution in [2.24, 2.45) is 0 Å². The zero-order valence-electron chi connectivity index (χ0n) is 13.9. The highest BCUT2D eigenvalue weighted by Gasteiger charge is 2.49. The van der Waals surface area contributed by atoms with Crippen LogP contribution in [0.25, 0.3) is 0 Å². The molecule has 0 unspecified atom stereocenters. The maximum atomic E-state index is 13.8. The zero-order chi connectivity index (χ0) is 19.6. The van der Waals surface area contributed by atoms with Crippen LogP contribution in [0.5, 0.6) is 0 Å². The number of alkyl carbamates (subject to hydrolysis) is 1. The summed E-state index contributed by atoms with van der Waals surface area (Å²) in [7, 11) is 0. The number of hydrogen-bond acceptors (Lipinski definition) is 4. The number of halogens is 3. The predicted molar refractivity (Wildman–Crippen MR) is 98.1 cm³/mol. The third-order valence-corrected chi connectivity index (χ3v) is 4.62. The second kappa shape index (κ2) is 7.72. The summed E-state index contributed by atoms with van der Waals surface area (Å²) in [6, 6.07) is 10.9. The third kappa shape index (κ3) is 4.16. The van der Waals surface area contributed by atoms with Gasteiger partial charge < -0.3 is 20.1 Å². The van der Waals surface area contributed by atoms with Crippen LogP contribution < -0.4 is 10.2 Å². The van der Waals surface area contributed by atoms with Crippen molar-refractivity contribution < 1.29 is 23.8 Å². The number of benzene rings is 2. The van der Waals surface area contributed by atoms with Crippen LogP contribution in [0, 0.1) is 5.82 Å². The number of amides is 2. The molecule has 0 aliphatic carbocycles. The van der Waals surface area contributed by atoms with Gasteiger partial charge in [0.1, 0.15) is 5.82 Å². The molecule has 2 N–H and O–H groups in total.